The van der Waals surface area contributed by atoms with Gasteiger partial charge in [-0.2, -0.15) is 0 Å². The van der Waals surface area contributed by atoms with Crippen LogP contribution in [0.15, 0.2) is 5.38 Å². The largest absolute Gasteiger partial charge is 0.246 e. The highest BCUT2D eigenvalue weighted by atomic mass is 35.5. The third-order valence-corrected chi connectivity index (χ3v) is 1.95. The van der Waals surface area contributed by atoms with Crippen molar-refractivity contribution < 1.29 is 5.03 Å². The second-order valence-electron chi connectivity index (χ2n) is 1.65. The number of nitro groups is 1. The number of alkyl halides is 1. The predicted octanol–water partition coefficient (Wildman–Crippen LogP) is 1.49. The number of rotatable bonds is 3. The molecule has 0 amide bonds. The summed E-state index contributed by atoms with van der Waals surface area (Å²) in [5, 5.41) is 11.2. The number of nitrogens with zero attached hydrogens (tertiary/aromatic N) is 2. The monoisotopic (exact) mass is 193 g/mol. The number of hydrogen-bond donors (Lipinski definition) is 1. The van der Waals surface area contributed by atoms with Crippen LogP contribution < -0.4 is 5.43 Å². The van der Waals surface area contributed by atoms with Gasteiger partial charge in [0.2, 0.25) is 5.13 Å². The smallest absolute Gasteiger partial charge is 0.234 e. The fraction of sp³-hybridized carbons (Fsp3) is 0.250. The summed E-state index contributed by atoms with van der Waals surface area (Å²) in [6.07, 6.45) is 0. The van der Waals surface area contributed by atoms with E-state index < -0.39 is 5.03 Å². The van der Waals surface area contributed by atoms with Crippen molar-refractivity contribution in [2.45, 2.75) is 5.88 Å². The third-order valence-electron chi connectivity index (χ3n) is 0.876. The first-order valence-electron chi connectivity index (χ1n) is 2.64. The highest BCUT2D eigenvalue weighted by Crippen LogP contribution is 2.15. The second-order valence-corrected chi connectivity index (χ2v) is 2.77. The van der Waals surface area contributed by atoms with Crippen LogP contribution in [0.5, 0.6) is 0 Å². The number of nitrogens with one attached hydrogen (secondary N) is 1. The Bertz CT molecular complexity index is 264. The van der Waals surface area contributed by atoms with Crippen molar-refractivity contribution in [1.29, 1.82) is 0 Å². The molecule has 0 radical (unpaired) electrons. The van der Waals surface area contributed by atoms with Gasteiger partial charge in [0.1, 0.15) is 0 Å². The van der Waals surface area contributed by atoms with Gasteiger partial charge < -0.3 is 0 Å². The molecular weight excluding hydrogens is 190 g/mol. The maximum Gasteiger partial charge on any atom is 0.246 e. The number of hydrazine groups is 1. The second kappa shape index (κ2) is 3.49. The van der Waals surface area contributed by atoms with Crippen LogP contribution in [0.4, 0.5) is 5.13 Å². The molecule has 0 aliphatic rings. The molecule has 0 atom stereocenters. The Hall–Kier alpha value is -0.880. The summed E-state index contributed by atoms with van der Waals surface area (Å²) >= 11 is 6.58. The van der Waals surface area contributed by atoms with E-state index in [2.05, 4.69) is 4.98 Å². The van der Waals surface area contributed by atoms with E-state index >= 15 is 0 Å². The lowest BCUT2D eigenvalue weighted by molar-refractivity contribution is -0.445. The summed E-state index contributed by atoms with van der Waals surface area (Å²) < 4.78 is 0. The third kappa shape index (κ3) is 2.32. The van der Waals surface area contributed by atoms with Gasteiger partial charge in [0, 0.05) is 5.38 Å². The zero-order chi connectivity index (χ0) is 8.27. The van der Waals surface area contributed by atoms with Crippen LogP contribution in [0.1, 0.15) is 5.69 Å². The number of halogens is 1. The molecule has 1 aromatic rings. The van der Waals surface area contributed by atoms with E-state index in [4.69, 9.17) is 11.6 Å². The van der Waals surface area contributed by atoms with Crippen molar-refractivity contribution in [2.75, 3.05) is 5.43 Å². The van der Waals surface area contributed by atoms with Gasteiger partial charge in [-0.1, -0.05) is 16.8 Å². The lowest BCUT2D eigenvalue weighted by Crippen LogP contribution is -2.07. The number of anilines is 1. The normalized spacial score (nSPS) is 9.55. The molecule has 0 aliphatic carbocycles. The van der Waals surface area contributed by atoms with Crippen molar-refractivity contribution in [3.05, 3.63) is 21.2 Å². The molecular formula is C4H4ClN3O2S. The molecule has 0 saturated carbocycles. The molecule has 5 nitrogen and oxygen atoms in total. The van der Waals surface area contributed by atoms with E-state index in [9.17, 15) is 10.1 Å². The lowest BCUT2D eigenvalue weighted by Gasteiger charge is -1.87. The van der Waals surface area contributed by atoms with Crippen LogP contribution in [0.2, 0.25) is 0 Å². The highest BCUT2D eigenvalue weighted by Gasteiger charge is 2.03. The van der Waals surface area contributed by atoms with Gasteiger partial charge in [-0.25, -0.2) is 15.1 Å². The molecule has 0 fully saturated rings. The average molecular weight is 194 g/mol. The Labute approximate surface area is 71.1 Å². The molecule has 1 N–H and O–H groups in total. The molecule has 1 aromatic heterocycles. The van der Waals surface area contributed by atoms with Crippen LogP contribution in [-0.4, -0.2) is 10.0 Å². The minimum atomic E-state index is -0.656. The van der Waals surface area contributed by atoms with E-state index in [0.717, 1.165) is 11.3 Å². The van der Waals surface area contributed by atoms with Crippen molar-refractivity contribution >= 4 is 28.1 Å². The Balaban J connectivity index is 2.65. The molecule has 0 saturated heterocycles. The van der Waals surface area contributed by atoms with Gasteiger partial charge in [-0.05, 0) is 0 Å². The molecule has 0 spiro atoms. The van der Waals surface area contributed by atoms with Crippen molar-refractivity contribution in [1.82, 2.24) is 4.98 Å². The van der Waals surface area contributed by atoms with Crippen LogP contribution in [-0.2, 0) is 5.88 Å². The predicted molar refractivity (Wildman–Crippen MR) is 42.3 cm³/mol. The maximum atomic E-state index is 9.89. The molecule has 60 valence electrons. The van der Waals surface area contributed by atoms with Crippen LogP contribution >= 0.6 is 22.9 Å². The Morgan fingerprint density at radius 2 is 2.64 bits per heavy atom. The maximum absolute atomic E-state index is 9.89. The first-order valence-corrected chi connectivity index (χ1v) is 4.05. The first-order chi connectivity index (χ1) is 5.22. The number of hydrogen-bond acceptors (Lipinski definition) is 4. The minimum absolute atomic E-state index is 0.255. The molecule has 11 heavy (non-hydrogen) atoms. The standard InChI is InChI=1S/C4H4ClN3O2S/c5-1-3-2-11-4(6-3)7-8(9)10/h2H,1H2,(H,6,7). The SMILES string of the molecule is O=[N+]([O-])Nc1nc(CCl)cs1. The average Bonchev–Trinajstić information content (AvgIpc) is 2.34. The minimum Gasteiger partial charge on any atom is -0.234 e. The Kier molecular flexibility index (Phi) is 2.61. The van der Waals surface area contributed by atoms with Gasteiger partial charge in [-0.3, -0.25) is 0 Å². The summed E-state index contributed by atoms with van der Waals surface area (Å²) in [4.78, 5) is 13.7. The van der Waals surface area contributed by atoms with Gasteiger partial charge >= 0.3 is 0 Å². The Morgan fingerprint density at radius 1 is 1.91 bits per heavy atom. The van der Waals surface area contributed by atoms with Crippen molar-refractivity contribution in [2.24, 2.45) is 0 Å². The van der Waals surface area contributed by atoms with Crippen LogP contribution in [0.3, 0.4) is 0 Å². The van der Waals surface area contributed by atoms with Crippen LogP contribution in [0.25, 0.3) is 0 Å². The zero-order valence-electron chi connectivity index (χ0n) is 5.28. The lowest BCUT2D eigenvalue weighted by atomic mass is 10.6. The Morgan fingerprint density at radius 3 is 3.09 bits per heavy atom. The molecule has 0 bridgehead atoms. The zero-order valence-corrected chi connectivity index (χ0v) is 6.85. The van der Waals surface area contributed by atoms with E-state index in [1.165, 1.54) is 0 Å². The number of aromatic nitrogens is 1. The van der Waals surface area contributed by atoms with E-state index in [1.807, 2.05) is 5.43 Å². The summed E-state index contributed by atoms with van der Waals surface area (Å²) in [5.41, 5.74) is 2.57. The highest BCUT2D eigenvalue weighted by molar-refractivity contribution is 7.13. The summed E-state index contributed by atoms with van der Waals surface area (Å²) in [6, 6.07) is 0. The van der Waals surface area contributed by atoms with E-state index in [0.29, 0.717) is 5.69 Å². The fourth-order valence-corrected chi connectivity index (χ4v) is 1.41. The topological polar surface area (TPSA) is 68.1 Å². The summed E-state index contributed by atoms with van der Waals surface area (Å²) in [7, 11) is 0. The van der Waals surface area contributed by atoms with Crippen molar-refractivity contribution in [3.63, 3.8) is 0 Å². The van der Waals surface area contributed by atoms with Crippen molar-refractivity contribution in [3.8, 4) is 0 Å². The van der Waals surface area contributed by atoms with E-state index in [-0.39, 0.29) is 11.0 Å². The fourth-order valence-electron chi connectivity index (χ4n) is 0.498. The van der Waals surface area contributed by atoms with Gasteiger partial charge in [0.05, 0.1) is 11.6 Å². The molecule has 1 heterocycles. The van der Waals surface area contributed by atoms with Gasteiger partial charge in [0.15, 0.2) is 5.03 Å². The first kappa shape index (κ1) is 8.22. The summed E-state index contributed by atoms with van der Waals surface area (Å²) in [6.45, 7) is 0. The molecule has 7 heteroatoms. The quantitative estimate of drug-likeness (QED) is 0.449. The molecule has 0 unspecified atom stereocenters. The van der Waals surface area contributed by atoms with Gasteiger partial charge in [-0.15, -0.1) is 11.6 Å². The number of thiazole rings is 1. The molecule has 1 rings (SSSR count). The van der Waals surface area contributed by atoms with Gasteiger partial charge in [0.25, 0.3) is 0 Å². The van der Waals surface area contributed by atoms with E-state index in [1.54, 1.807) is 5.38 Å². The molecule has 0 aliphatic heterocycles. The van der Waals surface area contributed by atoms with Crippen LogP contribution in [0, 0.1) is 10.1 Å². The molecule has 0 aromatic carbocycles. The summed E-state index contributed by atoms with van der Waals surface area (Å²) in [5.74, 6) is 0.274.